The van der Waals surface area contributed by atoms with Crippen molar-refractivity contribution in [1.29, 1.82) is 0 Å². The molecule has 0 radical (unpaired) electrons. The van der Waals surface area contributed by atoms with E-state index in [9.17, 15) is 20.2 Å². The molecule has 0 heterocycles. The zero-order valence-corrected chi connectivity index (χ0v) is 20.3. The van der Waals surface area contributed by atoms with Crippen molar-refractivity contribution in [2.24, 2.45) is 0 Å². The molecule has 6 nitrogen and oxygen atoms in total. The number of nitro benzene ring substituents is 2. The Hall–Kier alpha value is -3.04. The molecule has 0 unspecified atom stereocenters. The molecular formula is C24H14Cl2N2O4S2. The molecule has 10 heteroatoms. The van der Waals surface area contributed by atoms with Crippen LogP contribution in [0.25, 0.3) is 11.1 Å². The molecule has 0 saturated heterocycles. The number of halogens is 2. The first-order valence-electron chi connectivity index (χ1n) is 9.75. The first-order valence-corrected chi connectivity index (χ1v) is 12.1. The summed E-state index contributed by atoms with van der Waals surface area (Å²) in [5.74, 6) is 0. The fourth-order valence-corrected chi connectivity index (χ4v) is 5.77. The molecule has 4 rings (SSSR count). The minimum Gasteiger partial charge on any atom is -0.258 e. The standard InChI is InChI=1S/C24H14Cl2N2O4S2/c25-15-11-19(23(21(13-15)27(29)30)33-17-7-3-1-4-8-17)20-12-16(26)14-22(28(31)32)24(20)34-18-9-5-2-6-10-18/h1-14H. The number of benzene rings is 4. The van der Waals surface area contributed by atoms with Gasteiger partial charge in [0.1, 0.15) is 0 Å². The highest BCUT2D eigenvalue weighted by Gasteiger charge is 2.27. The van der Waals surface area contributed by atoms with Crippen molar-refractivity contribution in [2.75, 3.05) is 0 Å². The van der Waals surface area contributed by atoms with E-state index in [1.807, 2.05) is 60.7 Å². The predicted molar refractivity (Wildman–Crippen MR) is 136 cm³/mol. The highest BCUT2D eigenvalue weighted by atomic mass is 35.5. The van der Waals surface area contributed by atoms with Crippen molar-refractivity contribution in [3.63, 3.8) is 0 Å². The lowest BCUT2D eigenvalue weighted by atomic mass is 10.0. The van der Waals surface area contributed by atoms with Crippen LogP contribution in [0.3, 0.4) is 0 Å². The average molecular weight is 529 g/mol. The van der Waals surface area contributed by atoms with Crippen molar-refractivity contribution in [2.45, 2.75) is 19.6 Å². The molecule has 0 saturated carbocycles. The Morgan fingerprint density at radius 1 is 0.588 bits per heavy atom. The summed E-state index contributed by atoms with van der Waals surface area (Å²) in [7, 11) is 0. The van der Waals surface area contributed by atoms with Gasteiger partial charge in [0.05, 0.1) is 19.6 Å². The maximum absolute atomic E-state index is 12.0. The van der Waals surface area contributed by atoms with Gasteiger partial charge >= 0.3 is 0 Å². The van der Waals surface area contributed by atoms with Crippen LogP contribution in [0.1, 0.15) is 0 Å². The summed E-state index contributed by atoms with van der Waals surface area (Å²) in [6.45, 7) is 0. The molecule has 0 N–H and O–H groups in total. The van der Waals surface area contributed by atoms with Crippen LogP contribution < -0.4 is 0 Å². The molecule has 4 aromatic carbocycles. The Morgan fingerprint density at radius 3 is 1.26 bits per heavy atom. The second kappa shape index (κ2) is 10.5. The molecule has 0 bridgehead atoms. The predicted octanol–water partition coefficient (Wildman–Crippen LogP) is 8.78. The lowest BCUT2D eigenvalue weighted by Crippen LogP contribution is -1.98. The van der Waals surface area contributed by atoms with E-state index in [1.54, 1.807) is 12.1 Å². The lowest BCUT2D eigenvalue weighted by molar-refractivity contribution is -0.388. The summed E-state index contributed by atoms with van der Waals surface area (Å²) in [4.78, 5) is 25.1. The Morgan fingerprint density at radius 2 is 0.941 bits per heavy atom. The number of hydrogen-bond acceptors (Lipinski definition) is 6. The van der Waals surface area contributed by atoms with Gasteiger partial charge in [-0.25, -0.2) is 0 Å². The minimum absolute atomic E-state index is 0.136. The third-order valence-corrected chi connectivity index (χ3v) is 7.40. The molecule has 0 atom stereocenters. The molecule has 0 aliphatic rings. The van der Waals surface area contributed by atoms with Gasteiger partial charge in [0, 0.05) is 43.1 Å². The number of nitrogens with zero attached hydrogens (tertiary/aromatic N) is 2. The summed E-state index contributed by atoms with van der Waals surface area (Å²) in [6, 6.07) is 24.0. The van der Waals surface area contributed by atoms with E-state index in [1.165, 1.54) is 35.7 Å². The molecule has 0 fully saturated rings. The molecule has 0 spiro atoms. The molecule has 170 valence electrons. The van der Waals surface area contributed by atoms with E-state index < -0.39 is 9.85 Å². The smallest absolute Gasteiger partial charge is 0.258 e. The number of nitro groups is 2. The van der Waals surface area contributed by atoms with Crippen molar-refractivity contribution < 1.29 is 9.85 Å². The molecule has 0 aliphatic carbocycles. The van der Waals surface area contributed by atoms with Gasteiger partial charge in [-0.1, -0.05) is 83.1 Å². The van der Waals surface area contributed by atoms with Crippen molar-refractivity contribution in [3.8, 4) is 11.1 Å². The van der Waals surface area contributed by atoms with Gasteiger partial charge in [-0.05, 0) is 36.4 Å². The Kier molecular flexibility index (Phi) is 7.43. The van der Waals surface area contributed by atoms with Crippen LogP contribution >= 0.6 is 46.7 Å². The zero-order chi connectivity index (χ0) is 24.2. The molecule has 4 aromatic rings. The quantitative estimate of drug-likeness (QED) is 0.176. The molecule has 0 aliphatic heterocycles. The van der Waals surface area contributed by atoms with Gasteiger partial charge in [-0.15, -0.1) is 0 Å². The van der Waals surface area contributed by atoms with Crippen molar-refractivity contribution >= 4 is 58.1 Å². The van der Waals surface area contributed by atoms with E-state index in [4.69, 9.17) is 23.2 Å². The van der Waals surface area contributed by atoms with Crippen molar-refractivity contribution in [1.82, 2.24) is 0 Å². The van der Waals surface area contributed by atoms with E-state index in [2.05, 4.69) is 0 Å². The van der Waals surface area contributed by atoms with Crippen LogP contribution in [-0.4, -0.2) is 9.85 Å². The van der Waals surface area contributed by atoms with Crippen LogP contribution in [0.15, 0.2) is 105 Å². The Bertz CT molecular complexity index is 1280. The summed E-state index contributed by atoms with van der Waals surface area (Å²) in [5, 5.41) is 24.2. The van der Waals surface area contributed by atoms with Gasteiger partial charge in [0.25, 0.3) is 11.4 Å². The molecule has 34 heavy (non-hydrogen) atoms. The molecule has 0 aromatic heterocycles. The second-order valence-corrected chi connectivity index (χ2v) is 9.99. The fraction of sp³-hybridized carbons (Fsp3) is 0. The maximum atomic E-state index is 12.0. The van der Waals surface area contributed by atoms with Crippen LogP contribution in [-0.2, 0) is 0 Å². The van der Waals surface area contributed by atoms with Crippen LogP contribution in [0, 0.1) is 20.2 Å². The van der Waals surface area contributed by atoms with Crippen LogP contribution in [0.5, 0.6) is 0 Å². The highest BCUT2D eigenvalue weighted by molar-refractivity contribution is 8.00. The first-order chi connectivity index (χ1) is 16.3. The third-order valence-electron chi connectivity index (χ3n) is 4.68. The monoisotopic (exact) mass is 528 g/mol. The van der Waals surface area contributed by atoms with Gasteiger partial charge in [0.15, 0.2) is 0 Å². The van der Waals surface area contributed by atoms with Gasteiger partial charge in [-0.3, -0.25) is 20.2 Å². The zero-order valence-electron chi connectivity index (χ0n) is 17.2. The third kappa shape index (κ3) is 5.37. The SMILES string of the molecule is O=[N+]([O-])c1cc(Cl)cc(-c2cc(Cl)cc([N+](=O)[O-])c2Sc2ccccc2)c1Sc1ccccc1. The number of hydrogen-bond donors (Lipinski definition) is 0. The van der Waals surface area contributed by atoms with Crippen molar-refractivity contribution in [3.05, 3.63) is 115 Å². The van der Waals surface area contributed by atoms with E-state index in [-0.39, 0.29) is 21.4 Å². The average Bonchev–Trinajstić information content (AvgIpc) is 2.82. The normalized spacial score (nSPS) is 10.8. The topological polar surface area (TPSA) is 86.3 Å². The Labute approximate surface area is 213 Å². The highest BCUT2D eigenvalue weighted by Crippen LogP contribution is 2.50. The van der Waals surface area contributed by atoms with E-state index in [0.29, 0.717) is 20.9 Å². The molecular weight excluding hydrogens is 515 g/mol. The summed E-state index contributed by atoms with van der Waals surface area (Å²) in [6.07, 6.45) is 0. The first kappa shape index (κ1) is 24.1. The largest absolute Gasteiger partial charge is 0.285 e. The number of rotatable bonds is 7. The lowest BCUT2D eigenvalue weighted by Gasteiger charge is -2.15. The van der Waals surface area contributed by atoms with E-state index in [0.717, 1.165) is 9.79 Å². The maximum Gasteiger partial charge on any atom is 0.285 e. The van der Waals surface area contributed by atoms with E-state index >= 15 is 0 Å². The Balaban J connectivity index is 2.01. The fourth-order valence-electron chi connectivity index (χ4n) is 3.26. The summed E-state index contributed by atoms with van der Waals surface area (Å²) >= 11 is 14.9. The van der Waals surface area contributed by atoms with Gasteiger partial charge in [0.2, 0.25) is 0 Å². The van der Waals surface area contributed by atoms with Gasteiger partial charge in [-0.2, -0.15) is 0 Å². The molecule has 0 amide bonds. The van der Waals surface area contributed by atoms with Crippen LogP contribution in [0.4, 0.5) is 11.4 Å². The van der Waals surface area contributed by atoms with Crippen LogP contribution in [0.2, 0.25) is 10.0 Å². The summed E-state index contributed by atoms with van der Waals surface area (Å²) < 4.78 is 0. The van der Waals surface area contributed by atoms with Gasteiger partial charge < -0.3 is 0 Å². The second-order valence-electron chi connectivity index (χ2n) is 6.95. The summed E-state index contributed by atoms with van der Waals surface area (Å²) in [5.41, 5.74) is 0.374. The minimum atomic E-state index is -0.510.